The molecule has 1 aliphatic heterocycles. The first-order valence-electron chi connectivity index (χ1n) is 8.08. The summed E-state index contributed by atoms with van der Waals surface area (Å²) in [6.07, 6.45) is -3.56. The summed E-state index contributed by atoms with van der Waals surface area (Å²) in [6, 6.07) is 3.97. The molecule has 2 aromatic rings. The summed E-state index contributed by atoms with van der Waals surface area (Å²) in [5.41, 5.74) is -2.43. The predicted molar refractivity (Wildman–Crippen MR) is 95.3 cm³/mol. The molecule has 0 bridgehead atoms. The Kier molecular flexibility index (Phi) is 5.42. The van der Waals surface area contributed by atoms with Crippen molar-refractivity contribution >= 4 is 33.5 Å². The number of halogens is 6. The number of aliphatic hydroxyl groups excluding tert-OH is 1. The van der Waals surface area contributed by atoms with E-state index in [4.69, 9.17) is 0 Å². The van der Waals surface area contributed by atoms with Gasteiger partial charge in [0.05, 0.1) is 17.2 Å². The molecule has 1 aliphatic rings. The van der Waals surface area contributed by atoms with Crippen LogP contribution in [0, 0.1) is 0 Å². The van der Waals surface area contributed by atoms with Crippen LogP contribution in [0.1, 0.15) is 42.2 Å². The molecule has 0 spiro atoms. The number of nitrogens with zero attached hydrogens (tertiary/aromatic N) is 1. The van der Waals surface area contributed by atoms with Crippen LogP contribution in [0.25, 0.3) is 10.9 Å². The number of aliphatic hydroxyl groups is 1. The van der Waals surface area contributed by atoms with E-state index in [1.807, 2.05) is 0 Å². The van der Waals surface area contributed by atoms with Gasteiger partial charge in [0, 0.05) is 34.0 Å². The molecule has 0 aliphatic carbocycles. The second-order valence-electron chi connectivity index (χ2n) is 6.30. The van der Waals surface area contributed by atoms with Crippen LogP contribution in [0.2, 0.25) is 0 Å². The zero-order valence-corrected chi connectivity index (χ0v) is 15.6. The molecule has 1 aromatic heterocycles. The first-order chi connectivity index (χ1) is 12.1. The van der Waals surface area contributed by atoms with E-state index in [0.29, 0.717) is 13.0 Å². The van der Waals surface area contributed by atoms with Crippen LogP contribution in [0.3, 0.4) is 0 Å². The SMILES string of the molecule is OC(c1cc(C(F)(F)I)nc2c(C(F)(F)F)cccc12)C1CCCCN1. The Hall–Kier alpha value is -1.07. The van der Waals surface area contributed by atoms with E-state index in [9.17, 15) is 27.1 Å². The number of hydrogen-bond acceptors (Lipinski definition) is 3. The van der Waals surface area contributed by atoms with Crippen molar-refractivity contribution in [3.8, 4) is 0 Å². The third-order valence-corrected chi connectivity index (χ3v) is 5.07. The topological polar surface area (TPSA) is 45.2 Å². The molecule has 0 amide bonds. The second kappa shape index (κ2) is 7.16. The lowest BCUT2D eigenvalue weighted by atomic mass is 9.91. The van der Waals surface area contributed by atoms with Crippen LogP contribution in [-0.4, -0.2) is 22.7 Å². The number of nitrogens with one attached hydrogen (secondary N) is 1. The first-order valence-corrected chi connectivity index (χ1v) is 9.16. The minimum atomic E-state index is -4.74. The molecule has 1 aromatic carbocycles. The zero-order valence-electron chi connectivity index (χ0n) is 13.5. The highest BCUT2D eigenvalue weighted by Gasteiger charge is 2.37. The summed E-state index contributed by atoms with van der Waals surface area (Å²) in [5.74, 6) is 0. The second-order valence-corrected chi connectivity index (χ2v) is 7.65. The Balaban J connectivity index is 2.23. The van der Waals surface area contributed by atoms with Crippen molar-refractivity contribution in [1.82, 2.24) is 10.3 Å². The van der Waals surface area contributed by atoms with E-state index in [1.54, 1.807) is 0 Å². The molecule has 0 saturated carbocycles. The highest BCUT2D eigenvalue weighted by Crippen LogP contribution is 2.41. The van der Waals surface area contributed by atoms with E-state index in [0.717, 1.165) is 47.6 Å². The Morgan fingerprint density at radius 1 is 1.19 bits per heavy atom. The number of aromatic nitrogens is 1. The average Bonchev–Trinajstić information content (AvgIpc) is 2.58. The number of alkyl halides is 6. The minimum Gasteiger partial charge on any atom is -0.387 e. The molecule has 2 unspecified atom stereocenters. The van der Waals surface area contributed by atoms with E-state index in [1.165, 1.54) is 12.1 Å². The maximum Gasteiger partial charge on any atom is 0.418 e. The van der Waals surface area contributed by atoms with Crippen LogP contribution in [0.15, 0.2) is 24.3 Å². The third-order valence-electron chi connectivity index (χ3n) is 4.52. The lowest BCUT2D eigenvalue weighted by Crippen LogP contribution is -2.39. The first kappa shape index (κ1) is 19.7. The number of para-hydroxylation sites is 1. The van der Waals surface area contributed by atoms with Gasteiger partial charge in [0.1, 0.15) is 5.69 Å². The molecule has 9 heteroatoms. The summed E-state index contributed by atoms with van der Waals surface area (Å²) >= 11 is 0.828. The van der Waals surface area contributed by atoms with Gasteiger partial charge >= 0.3 is 10.1 Å². The highest BCUT2D eigenvalue weighted by molar-refractivity contribution is 14.1. The van der Waals surface area contributed by atoms with Crippen molar-refractivity contribution in [2.24, 2.45) is 0 Å². The predicted octanol–water partition coefficient (Wildman–Crippen LogP) is 4.91. The molecule has 1 fully saturated rings. The summed E-state index contributed by atoms with van der Waals surface area (Å²) < 4.78 is 64.2. The number of fused-ring (bicyclic) bond motifs is 1. The fourth-order valence-corrected chi connectivity index (χ4v) is 3.53. The van der Waals surface area contributed by atoms with Crippen LogP contribution >= 0.6 is 22.6 Å². The van der Waals surface area contributed by atoms with Crippen LogP contribution < -0.4 is 5.32 Å². The largest absolute Gasteiger partial charge is 0.418 e. The van der Waals surface area contributed by atoms with Crippen molar-refractivity contribution in [1.29, 1.82) is 0 Å². The van der Waals surface area contributed by atoms with Crippen molar-refractivity contribution in [2.75, 3.05) is 6.54 Å². The van der Waals surface area contributed by atoms with E-state index in [-0.39, 0.29) is 10.9 Å². The number of rotatable bonds is 3. The van der Waals surface area contributed by atoms with Gasteiger partial charge in [-0.05, 0) is 37.1 Å². The molecule has 142 valence electrons. The maximum atomic E-state index is 13.8. The molecule has 1 saturated heterocycles. The highest BCUT2D eigenvalue weighted by atomic mass is 127. The van der Waals surface area contributed by atoms with E-state index < -0.39 is 39.0 Å². The standard InChI is InChI=1S/C17H16F5IN2O/c18-16(19,20)11-5-3-4-9-10(15(26)12-6-1-2-7-24-12)8-13(17(21,22)23)25-14(9)11/h3-5,8,12,15,24,26H,1-2,6-7H2. The number of benzene rings is 1. The molecule has 3 nitrogen and oxygen atoms in total. The Morgan fingerprint density at radius 3 is 2.50 bits per heavy atom. The van der Waals surface area contributed by atoms with Gasteiger partial charge < -0.3 is 10.4 Å². The number of piperidine rings is 1. The van der Waals surface area contributed by atoms with Gasteiger partial charge in [0.25, 0.3) is 0 Å². The van der Waals surface area contributed by atoms with Crippen LogP contribution in [-0.2, 0) is 10.1 Å². The summed E-state index contributed by atoms with van der Waals surface area (Å²) in [7, 11) is 0. The van der Waals surface area contributed by atoms with Crippen molar-refractivity contribution < 1.29 is 27.1 Å². The van der Waals surface area contributed by atoms with Crippen molar-refractivity contribution in [2.45, 2.75) is 41.5 Å². The fourth-order valence-electron chi connectivity index (χ4n) is 3.26. The molecule has 2 heterocycles. The van der Waals surface area contributed by atoms with E-state index in [2.05, 4.69) is 10.3 Å². The van der Waals surface area contributed by atoms with E-state index >= 15 is 0 Å². The number of hydrogen-bond donors (Lipinski definition) is 2. The summed E-state index contributed by atoms with van der Waals surface area (Å²) in [6.45, 7) is 0.661. The van der Waals surface area contributed by atoms with Gasteiger partial charge in [-0.2, -0.15) is 22.0 Å². The van der Waals surface area contributed by atoms with Gasteiger partial charge in [0.15, 0.2) is 0 Å². The lowest BCUT2D eigenvalue weighted by Gasteiger charge is -2.29. The zero-order chi connectivity index (χ0) is 19.1. The monoisotopic (exact) mass is 486 g/mol. The Morgan fingerprint density at radius 2 is 1.92 bits per heavy atom. The van der Waals surface area contributed by atoms with Gasteiger partial charge in [-0.1, -0.05) is 18.6 Å². The molecule has 0 radical (unpaired) electrons. The normalized spacial score (nSPS) is 20.3. The molecule has 26 heavy (non-hydrogen) atoms. The summed E-state index contributed by atoms with van der Waals surface area (Å²) in [4.78, 5) is 3.59. The fraction of sp³-hybridized carbons (Fsp3) is 0.471. The van der Waals surface area contributed by atoms with Crippen LogP contribution in [0.5, 0.6) is 0 Å². The number of pyridine rings is 1. The molecule has 3 rings (SSSR count). The van der Waals surface area contributed by atoms with Crippen molar-refractivity contribution in [3.63, 3.8) is 0 Å². The molecular formula is C17H16F5IN2O. The average molecular weight is 486 g/mol. The van der Waals surface area contributed by atoms with Gasteiger partial charge in [-0.15, -0.1) is 0 Å². The van der Waals surface area contributed by atoms with Gasteiger partial charge in [0.2, 0.25) is 0 Å². The Bertz CT molecular complexity index is 800. The Labute approximate surface area is 160 Å². The smallest absolute Gasteiger partial charge is 0.387 e. The molecule has 2 atom stereocenters. The van der Waals surface area contributed by atoms with Gasteiger partial charge in [-0.3, -0.25) is 0 Å². The minimum absolute atomic E-state index is 0.0316. The molecular weight excluding hydrogens is 470 g/mol. The van der Waals surface area contributed by atoms with Crippen molar-refractivity contribution in [3.05, 3.63) is 41.1 Å². The van der Waals surface area contributed by atoms with Gasteiger partial charge in [-0.25, -0.2) is 4.98 Å². The third kappa shape index (κ3) is 3.94. The molecule has 2 N–H and O–H groups in total. The maximum absolute atomic E-state index is 13.8. The quantitative estimate of drug-likeness (QED) is 0.368. The summed E-state index contributed by atoms with van der Waals surface area (Å²) in [5, 5.41) is 13.8. The van der Waals surface area contributed by atoms with Crippen LogP contribution in [0.4, 0.5) is 22.0 Å². The lowest BCUT2D eigenvalue weighted by molar-refractivity contribution is -0.136.